The average molecular weight is 464 g/mol. The molecule has 0 saturated carbocycles. The van der Waals surface area contributed by atoms with E-state index < -0.39 is 0 Å². The molecule has 2 aromatic carbocycles. The molecule has 160 valence electrons. The summed E-state index contributed by atoms with van der Waals surface area (Å²) in [5.41, 5.74) is 3.48. The maximum atomic E-state index is 13.6. The molecule has 1 N–H and O–H groups in total. The van der Waals surface area contributed by atoms with Crippen LogP contribution >= 0.6 is 23.8 Å². The molecular formula is C25H19ClFN3OS. The molecule has 0 unspecified atom stereocenters. The normalized spacial score (nSPS) is 18.1. The molecular weight excluding hydrogens is 445 g/mol. The van der Waals surface area contributed by atoms with Crippen molar-refractivity contribution in [3.63, 3.8) is 0 Å². The molecule has 4 nitrogen and oxygen atoms in total. The summed E-state index contributed by atoms with van der Waals surface area (Å²) >= 11 is 12.0. The van der Waals surface area contributed by atoms with E-state index in [-0.39, 0.29) is 17.9 Å². The van der Waals surface area contributed by atoms with Crippen LogP contribution in [0.4, 0.5) is 10.1 Å². The highest BCUT2D eigenvalue weighted by atomic mass is 35.5. The molecule has 1 aliphatic rings. The lowest BCUT2D eigenvalue weighted by Gasteiger charge is -2.26. The van der Waals surface area contributed by atoms with Crippen LogP contribution in [0.25, 0.3) is 11.3 Å². The molecule has 5 rings (SSSR count). The largest absolute Gasteiger partial charge is 0.459 e. The highest BCUT2D eigenvalue weighted by Gasteiger charge is 2.42. The van der Waals surface area contributed by atoms with Crippen LogP contribution in [0.1, 0.15) is 29.1 Å². The topological polar surface area (TPSA) is 41.3 Å². The first-order chi connectivity index (χ1) is 15.5. The van der Waals surface area contributed by atoms with Gasteiger partial charge in [-0.2, -0.15) is 0 Å². The molecule has 2 aromatic heterocycles. The Labute approximate surface area is 195 Å². The molecule has 1 fully saturated rings. The minimum absolute atomic E-state index is 0.242. The van der Waals surface area contributed by atoms with Crippen LogP contribution in [0.5, 0.6) is 0 Å². The molecule has 1 saturated heterocycles. The van der Waals surface area contributed by atoms with Gasteiger partial charge < -0.3 is 14.6 Å². The first-order valence-electron chi connectivity index (χ1n) is 10.1. The van der Waals surface area contributed by atoms with Gasteiger partial charge in [0.1, 0.15) is 23.4 Å². The van der Waals surface area contributed by atoms with Crippen LogP contribution in [0.2, 0.25) is 5.02 Å². The van der Waals surface area contributed by atoms with Crippen molar-refractivity contribution in [2.75, 3.05) is 4.90 Å². The zero-order chi connectivity index (χ0) is 22.2. The Morgan fingerprint density at radius 3 is 2.59 bits per heavy atom. The van der Waals surface area contributed by atoms with Gasteiger partial charge in [-0.3, -0.25) is 4.98 Å². The summed E-state index contributed by atoms with van der Waals surface area (Å²) in [7, 11) is 0. The third-order valence-electron chi connectivity index (χ3n) is 5.65. The van der Waals surface area contributed by atoms with Gasteiger partial charge in [0.05, 0.1) is 11.7 Å². The standard InChI is InChI=1S/C25H19ClFN3OS/c1-15-18(5-4-6-19(15)26)21-12-13-22(31-21)24-23(20-7-2-3-14-28-20)29-25(32)30(24)17-10-8-16(27)9-11-17/h2-14,23-24H,1H3,(H,29,32)/t23-,24+/m1/s1. The molecule has 32 heavy (non-hydrogen) atoms. The summed E-state index contributed by atoms with van der Waals surface area (Å²) in [5, 5.41) is 4.58. The van der Waals surface area contributed by atoms with Crippen molar-refractivity contribution in [3.05, 3.63) is 107 Å². The molecule has 3 heterocycles. The Hall–Kier alpha value is -3.22. The summed E-state index contributed by atoms with van der Waals surface area (Å²) in [6, 6.07) is 21.1. The SMILES string of the molecule is Cc1c(Cl)cccc1-c1ccc([C@H]2[C@@H](c3ccccn3)NC(=S)N2c2ccc(F)cc2)o1. The Morgan fingerprint density at radius 2 is 1.84 bits per heavy atom. The summed E-state index contributed by atoms with van der Waals surface area (Å²) < 4.78 is 20.0. The molecule has 0 spiro atoms. The lowest BCUT2D eigenvalue weighted by molar-refractivity contribution is 0.439. The van der Waals surface area contributed by atoms with Gasteiger partial charge in [-0.05, 0) is 79.3 Å². The third-order valence-corrected chi connectivity index (χ3v) is 6.38. The third kappa shape index (κ3) is 3.66. The second-order valence-electron chi connectivity index (χ2n) is 7.59. The highest BCUT2D eigenvalue weighted by Crippen LogP contribution is 2.43. The zero-order valence-corrected chi connectivity index (χ0v) is 18.7. The second kappa shape index (κ2) is 8.37. The lowest BCUT2D eigenvalue weighted by atomic mass is 10.0. The summed E-state index contributed by atoms with van der Waals surface area (Å²) in [4.78, 5) is 6.48. The fourth-order valence-electron chi connectivity index (χ4n) is 4.05. The maximum absolute atomic E-state index is 13.6. The minimum atomic E-state index is -0.309. The van der Waals surface area contributed by atoms with Gasteiger partial charge in [0.25, 0.3) is 0 Å². The van der Waals surface area contributed by atoms with Crippen molar-refractivity contribution in [3.8, 4) is 11.3 Å². The molecule has 4 aromatic rings. The van der Waals surface area contributed by atoms with Crippen LogP contribution in [-0.4, -0.2) is 10.1 Å². The summed E-state index contributed by atoms with van der Waals surface area (Å²) in [6.45, 7) is 1.97. The van der Waals surface area contributed by atoms with Crippen molar-refractivity contribution in [2.24, 2.45) is 0 Å². The highest BCUT2D eigenvalue weighted by molar-refractivity contribution is 7.80. The van der Waals surface area contributed by atoms with E-state index >= 15 is 0 Å². The monoisotopic (exact) mass is 463 g/mol. The van der Waals surface area contributed by atoms with Gasteiger partial charge in [-0.25, -0.2) is 4.39 Å². The van der Waals surface area contributed by atoms with Crippen LogP contribution in [0.3, 0.4) is 0 Å². The van der Waals surface area contributed by atoms with Gasteiger partial charge >= 0.3 is 0 Å². The number of pyridine rings is 1. The summed E-state index contributed by atoms with van der Waals surface area (Å²) in [6.07, 6.45) is 1.75. The van der Waals surface area contributed by atoms with Crippen LogP contribution in [0, 0.1) is 12.7 Å². The van der Waals surface area contributed by atoms with Gasteiger partial charge in [-0.15, -0.1) is 0 Å². The van der Waals surface area contributed by atoms with E-state index in [9.17, 15) is 4.39 Å². The molecule has 2 atom stereocenters. The number of rotatable bonds is 4. The Bertz CT molecular complexity index is 1280. The number of halogens is 2. The van der Waals surface area contributed by atoms with Gasteiger partial charge in [0, 0.05) is 22.5 Å². The Kier molecular flexibility index (Phi) is 5.41. The van der Waals surface area contributed by atoms with Crippen molar-refractivity contribution in [2.45, 2.75) is 19.0 Å². The smallest absolute Gasteiger partial charge is 0.174 e. The molecule has 0 bridgehead atoms. The van der Waals surface area contributed by atoms with Gasteiger partial charge in [0.15, 0.2) is 5.11 Å². The Balaban J connectivity index is 1.61. The number of furan rings is 1. The van der Waals surface area contributed by atoms with Crippen LogP contribution in [-0.2, 0) is 0 Å². The number of aromatic nitrogens is 1. The van der Waals surface area contributed by atoms with E-state index in [4.69, 9.17) is 28.2 Å². The van der Waals surface area contributed by atoms with Gasteiger partial charge in [-0.1, -0.05) is 29.8 Å². The quantitative estimate of drug-likeness (QED) is 0.344. The fraction of sp³-hybridized carbons (Fsp3) is 0.120. The fourth-order valence-corrected chi connectivity index (χ4v) is 4.58. The predicted octanol–water partition coefficient (Wildman–Crippen LogP) is 6.62. The minimum Gasteiger partial charge on any atom is -0.459 e. The molecule has 0 amide bonds. The van der Waals surface area contributed by atoms with Crippen molar-refractivity contribution < 1.29 is 8.81 Å². The van der Waals surface area contributed by atoms with E-state index in [2.05, 4.69) is 10.3 Å². The van der Waals surface area contributed by atoms with E-state index in [1.165, 1.54) is 12.1 Å². The number of benzene rings is 2. The zero-order valence-electron chi connectivity index (χ0n) is 17.1. The number of thiocarbonyl (C=S) groups is 1. The Morgan fingerprint density at radius 1 is 1.03 bits per heavy atom. The molecule has 7 heteroatoms. The second-order valence-corrected chi connectivity index (χ2v) is 8.38. The number of hydrogen-bond donors (Lipinski definition) is 1. The van der Waals surface area contributed by atoms with Crippen LogP contribution in [0.15, 0.2) is 83.4 Å². The van der Waals surface area contributed by atoms with E-state index in [0.29, 0.717) is 15.9 Å². The summed E-state index contributed by atoms with van der Waals surface area (Å²) in [5.74, 6) is 1.13. The first-order valence-corrected chi connectivity index (χ1v) is 10.9. The lowest BCUT2D eigenvalue weighted by Crippen LogP contribution is -2.29. The predicted molar refractivity (Wildman–Crippen MR) is 128 cm³/mol. The molecule has 0 radical (unpaired) electrons. The molecule has 1 aliphatic heterocycles. The number of hydrogen-bond acceptors (Lipinski definition) is 3. The first kappa shape index (κ1) is 20.7. The van der Waals surface area contributed by atoms with Gasteiger partial charge in [0.2, 0.25) is 0 Å². The molecule has 0 aliphatic carbocycles. The van der Waals surface area contributed by atoms with E-state index in [1.807, 2.05) is 60.4 Å². The maximum Gasteiger partial charge on any atom is 0.174 e. The van der Waals surface area contributed by atoms with E-state index in [1.54, 1.807) is 18.3 Å². The average Bonchev–Trinajstić information content (AvgIpc) is 3.41. The van der Waals surface area contributed by atoms with Crippen molar-refractivity contribution in [1.82, 2.24) is 10.3 Å². The number of nitrogens with zero attached hydrogens (tertiary/aromatic N) is 2. The number of nitrogens with one attached hydrogen (secondary N) is 1. The van der Waals surface area contributed by atoms with Crippen molar-refractivity contribution in [1.29, 1.82) is 0 Å². The van der Waals surface area contributed by atoms with E-state index in [0.717, 1.165) is 28.3 Å². The number of anilines is 1. The van der Waals surface area contributed by atoms with Crippen LogP contribution < -0.4 is 10.2 Å². The van der Waals surface area contributed by atoms with Crippen molar-refractivity contribution >= 4 is 34.6 Å².